The molecule has 1 atom stereocenters. The largest absolute Gasteiger partial charge is 0.465 e. The van der Waals surface area contributed by atoms with Crippen LogP contribution in [0.2, 0.25) is 0 Å². The fourth-order valence-electron chi connectivity index (χ4n) is 3.20. The first kappa shape index (κ1) is 23.2. The molecule has 0 heterocycles. The molecule has 0 saturated carbocycles. The van der Waals surface area contributed by atoms with Crippen LogP contribution in [0.5, 0.6) is 0 Å². The first-order valence-electron chi connectivity index (χ1n) is 10.3. The number of aryl methyl sites for hydroxylation is 1. The summed E-state index contributed by atoms with van der Waals surface area (Å²) in [7, 11) is 0. The molecule has 152 valence electrons. The normalized spacial score (nSPS) is 12.7. The van der Waals surface area contributed by atoms with Gasteiger partial charge in [-0.05, 0) is 43.6 Å². The molecule has 0 radical (unpaired) electrons. The van der Waals surface area contributed by atoms with Crippen LogP contribution >= 0.6 is 0 Å². The van der Waals surface area contributed by atoms with Gasteiger partial charge >= 0.3 is 11.9 Å². The average Bonchev–Trinajstić information content (AvgIpc) is 2.67. The van der Waals surface area contributed by atoms with Crippen molar-refractivity contribution >= 4 is 11.9 Å². The average molecular weight is 377 g/mol. The number of carbonyl (C=O) groups excluding carboxylic acids is 2. The monoisotopic (exact) mass is 376 g/mol. The summed E-state index contributed by atoms with van der Waals surface area (Å²) < 4.78 is 11.3. The molecular formula is C23H36O4. The van der Waals surface area contributed by atoms with Crippen LogP contribution in [0.15, 0.2) is 30.3 Å². The Morgan fingerprint density at radius 3 is 2.15 bits per heavy atom. The number of carbonyl (C=O) groups is 2. The molecule has 1 aromatic rings. The number of hydrogen-bond donors (Lipinski definition) is 0. The van der Waals surface area contributed by atoms with Crippen molar-refractivity contribution in [3.8, 4) is 0 Å². The van der Waals surface area contributed by atoms with E-state index in [1.54, 1.807) is 0 Å². The molecule has 0 bridgehead atoms. The number of esters is 2. The molecule has 0 aliphatic heterocycles. The predicted molar refractivity (Wildman–Crippen MR) is 108 cm³/mol. The minimum Gasteiger partial charge on any atom is -0.465 e. The molecule has 4 nitrogen and oxygen atoms in total. The van der Waals surface area contributed by atoms with Crippen LogP contribution in [-0.2, 0) is 25.5 Å². The van der Waals surface area contributed by atoms with Crippen molar-refractivity contribution in [1.29, 1.82) is 0 Å². The maximum atomic E-state index is 12.9. The van der Waals surface area contributed by atoms with E-state index in [0.717, 1.165) is 25.7 Å². The molecule has 0 aromatic heterocycles. The van der Waals surface area contributed by atoms with E-state index in [0.29, 0.717) is 19.4 Å². The molecule has 0 saturated heterocycles. The first-order chi connectivity index (χ1) is 12.9. The smallest absolute Gasteiger partial charge is 0.323 e. The SMILES string of the molecule is CCCC(OC(=O)C(CC)(CC)C(=O)OCCCc1ccccc1)C(C)C. The summed E-state index contributed by atoms with van der Waals surface area (Å²) in [5, 5.41) is 0. The molecule has 1 unspecified atom stereocenters. The Morgan fingerprint density at radius 1 is 1.00 bits per heavy atom. The number of rotatable bonds is 12. The second kappa shape index (κ2) is 11.8. The lowest BCUT2D eigenvalue weighted by atomic mass is 9.82. The standard InChI is InChI=1S/C23H36O4/c1-6-13-20(18(4)5)27-22(25)23(7-2,8-3)21(24)26-17-12-16-19-14-10-9-11-15-19/h9-11,14-15,18,20H,6-8,12-13,16-17H2,1-5H3. The molecule has 0 aliphatic rings. The Balaban J connectivity index is 2.67. The maximum absolute atomic E-state index is 12.9. The van der Waals surface area contributed by atoms with Crippen LogP contribution in [0.3, 0.4) is 0 Å². The fraction of sp³-hybridized carbons (Fsp3) is 0.652. The van der Waals surface area contributed by atoms with E-state index >= 15 is 0 Å². The van der Waals surface area contributed by atoms with Crippen LogP contribution < -0.4 is 0 Å². The lowest BCUT2D eigenvalue weighted by molar-refractivity contribution is -0.178. The van der Waals surface area contributed by atoms with Crippen molar-refractivity contribution < 1.29 is 19.1 Å². The Labute approximate surface area is 164 Å². The van der Waals surface area contributed by atoms with Crippen LogP contribution in [-0.4, -0.2) is 24.6 Å². The Kier molecular flexibility index (Phi) is 10.1. The van der Waals surface area contributed by atoms with Gasteiger partial charge in [-0.1, -0.05) is 71.4 Å². The summed E-state index contributed by atoms with van der Waals surface area (Å²) in [4.78, 5) is 25.7. The molecule has 4 heteroatoms. The second-order valence-corrected chi connectivity index (χ2v) is 7.49. The van der Waals surface area contributed by atoms with Gasteiger partial charge in [0, 0.05) is 0 Å². The highest BCUT2D eigenvalue weighted by Crippen LogP contribution is 2.32. The summed E-state index contributed by atoms with van der Waals surface area (Å²) in [6.07, 6.45) is 3.93. The number of ether oxygens (including phenoxy) is 2. The zero-order valence-corrected chi connectivity index (χ0v) is 17.6. The molecule has 1 aromatic carbocycles. The van der Waals surface area contributed by atoms with E-state index in [2.05, 4.69) is 19.1 Å². The maximum Gasteiger partial charge on any atom is 0.323 e. The summed E-state index contributed by atoms with van der Waals surface area (Å²) in [5.74, 6) is -0.667. The molecule has 0 N–H and O–H groups in total. The van der Waals surface area contributed by atoms with Crippen molar-refractivity contribution in [2.45, 2.75) is 79.2 Å². The van der Waals surface area contributed by atoms with Gasteiger partial charge in [0.05, 0.1) is 6.61 Å². The third-order valence-corrected chi connectivity index (χ3v) is 5.25. The Bertz CT molecular complexity index is 561. The molecule has 0 spiro atoms. The van der Waals surface area contributed by atoms with E-state index in [1.807, 2.05) is 45.9 Å². The van der Waals surface area contributed by atoms with Gasteiger partial charge in [0.2, 0.25) is 0 Å². The highest BCUT2D eigenvalue weighted by Gasteiger charge is 2.46. The Morgan fingerprint density at radius 2 is 1.63 bits per heavy atom. The van der Waals surface area contributed by atoms with Crippen LogP contribution in [0.25, 0.3) is 0 Å². The third-order valence-electron chi connectivity index (χ3n) is 5.25. The highest BCUT2D eigenvalue weighted by atomic mass is 16.6. The zero-order chi connectivity index (χ0) is 20.3. The van der Waals surface area contributed by atoms with E-state index < -0.39 is 17.4 Å². The van der Waals surface area contributed by atoms with Gasteiger partial charge in [0.1, 0.15) is 6.10 Å². The van der Waals surface area contributed by atoms with Gasteiger partial charge in [-0.3, -0.25) is 9.59 Å². The topological polar surface area (TPSA) is 52.6 Å². The van der Waals surface area contributed by atoms with Crippen molar-refractivity contribution in [3.05, 3.63) is 35.9 Å². The van der Waals surface area contributed by atoms with Gasteiger partial charge in [0.15, 0.2) is 5.41 Å². The van der Waals surface area contributed by atoms with Gasteiger partial charge in [-0.2, -0.15) is 0 Å². The third kappa shape index (κ3) is 6.67. The van der Waals surface area contributed by atoms with Gasteiger partial charge in [-0.15, -0.1) is 0 Å². The van der Waals surface area contributed by atoms with Crippen LogP contribution in [0, 0.1) is 11.3 Å². The first-order valence-corrected chi connectivity index (χ1v) is 10.3. The quantitative estimate of drug-likeness (QED) is 0.281. The minimum atomic E-state index is -1.20. The van der Waals surface area contributed by atoms with Gasteiger partial charge in [0.25, 0.3) is 0 Å². The van der Waals surface area contributed by atoms with Crippen molar-refractivity contribution in [3.63, 3.8) is 0 Å². The molecule has 0 aliphatic carbocycles. The van der Waals surface area contributed by atoms with Crippen LogP contribution in [0.4, 0.5) is 0 Å². The highest BCUT2D eigenvalue weighted by molar-refractivity contribution is 6.00. The second-order valence-electron chi connectivity index (χ2n) is 7.49. The molecule has 1 rings (SSSR count). The summed E-state index contributed by atoms with van der Waals surface area (Å²) in [6, 6.07) is 10.1. The van der Waals surface area contributed by atoms with E-state index in [9.17, 15) is 9.59 Å². The van der Waals surface area contributed by atoms with Crippen molar-refractivity contribution in [2.24, 2.45) is 11.3 Å². The van der Waals surface area contributed by atoms with E-state index in [4.69, 9.17) is 9.47 Å². The van der Waals surface area contributed by atoms with Gasteiger partial charge < -0.3 is 9.47 Å². The predicted octanol–water partition coefficient (Wildman–Crippen LogP) is 5.34. The number of benzene rings is 1. The van der Waals surface area contributed by atoms with Crippen molar-refractivity contribution in [1.82, 2.24) is 0 Å². The molecule has 0 amide bonds. The molecule has 0 fully saturated rings. The van der Waals surface area contributed by atoms with Gasteiger partial charge in [-0.25, -0.2) is 0 Å². The zero-order valence-electron chi connectivity index (χ0n) is 17.6. The number of hydrogen-bond acceptors (Lipinski definition) is 4. The molecular weight excluding hydrogens is 340 g/mol. The van der Waals surface area contributed by atoms with Crippen molar-refractivity contribution in [2.75, 3.05) is 6.61 Å². The van der Waals surface area contributed by atoms with E-state index in [-0.39, 0.29) is 12.0 Å². The lowest BCUT2D eigenvalue weighted by Crippen LogP contribution is -2.43. The Hall–Kier alpha value is -1.84. The summed E-state index contributed by atoms with van der Waals surface area (Å²) >= 11 is 0. The molecule has 27 heavy (non-hydrogen) atoms. The fourth-order valence-corrected chi connectivity index (χ4v) is 3.20. The van der Waals surface area contributed by atoms with Crippen LogP contribution in [0.1, 0.15) is 72.3 Å². The summed E-state index contributed by atoms with van der Waals surface area (Å²) in [6.45, 7) is 10.1. The van der Waals surface area contributed by atoms with E-state index in [1.165, 1.54) is 5.56 Å². The minimum absolute atomic E-state index is 0.161. The summed E-state index contributed by atoms with van der Waals surface area (Å²) in [5.41, 5.74) is 0.0118. The lowest BCUT2D eigenvalue weighted by Gasteiger charge is -2.30.